The number of fused-ring (bicyclic) bond motifs is 1. The molecule has 0 saturated heterocycles. The zero-order valence-corrected chi connectivity index (χ0v) is 33.7. The van der Waals surface area contributed by atoms with Crippen LogP contribution >= 0.6 is 0 Å². The number of nitrogens with one attached hydrogen (secondary N) is 3. The summed E-state index contributed by atoms with van der Waals surface area (Å²) in [7, 11) is 0.264. The van der Waals surface area contributed by atoms with Gasteiger partial charge in [-0.25, -0.2) is 18.4 Å². The minimum absolute atomic E-state index is 0.0000817. The molecule has 17 heteroatoms. The van der Waals surface area contributed by atoms with Crippen molar-refractivity contribution in [1.29, 1.82) is 0 Å². The normalized spacial score (nSPS) is 17.0. The molecule has 3 aromatic rings. The number of hydrogen-bond acceptors (Lipinski definition) is 8. The van der Waals surface area contributed by atoms with Gasteiger partial charge in [-0.3, -0.25) is 4.79 Å². The molecular formula is C36H51F5N6O4Si2. The van der Waals surface area contributed by atoms with Crippen LogP contribution in [0.25, 0.3) is 16.5 Å². The second-order valence-corrected chi connectivity index (χ2v) is 26.7. The molecule has 1 aliphatic carbocycles. The Balaban J connectivity index is 1.84. The van der Waals surface area contributed by atoms with E-state index in [2.05, 4.69) is 65.3 Å². The van der Waals surface area contributed by atoms with Gasteiger partial charge in [-0.05, 0) is 41.4 Å². The average Bonchev–Trinajstić information content (AvgIpc) is 3.43. The summed E-state index contributed by atoms with van der Waals surface area (Å²) in [5, 5.41) is 13.7. The van der Waals surface area contributed by atoms with Gasteiger partial charge in [0.1, 0.15) is 12.5 Å². The van der Waals surface area contributed by atoms with Crippen molar-refractivity contribution in [2.24, 2.45) is 0 Å². The molecule has 2 aromatic heterocycles. The van der Waals surface area contributed by atoms with Crippen LogP contribution in [0.15, 0.2) is 47.8 Å². The number of rotatable bonds is 18. The van der Waals surface area contributed by atoms with Crippen molar-refractivity contribution in [1.82, 2.24) is 20.1 Å². The van der Waals surface area contributed by atoms with Crippen molar-refractivity contribution in [3.63, 3.8) is 0 Å². The smallest absolute Gasteiger partial charge is 0.388 e. The molecule has 0 aliphatic heterocycles. The number of halogens is 5. The second-order valence-electron chi connectivity index (χ2n) is 15.5. The highest BCUT2D eigenvalue weighted by atomic mass is 28.3. The number of ether oxygens (including phenoxy) is 3. The molecule has 0 spiro atoms. The number of benzene rings is 1. The average molecular weight is 783 g/mol. The fraction of sp³-hybridized carbons (Fsp3) is 0.528. The van der Waals surface area contributed by atoms with Crippen LogP contribution in [-0.4, -0.2) is 83.0 Å². The highest BCUT2D eigenvalue weighted by molar-refractivity contribution is 6.76. The Morgan fingerprint density at radius 3 is 2.30 bits per heavy atom. The molecule has 1 aliphatic rings. The molecule has 0 saturated carbocycles. The van der Waals surface area contributed by atoms with Crippen LogP contribution in [0.1, 0.15) is 34.6 Å². The first-order valence-corrected chi connectivity index (χ1v) is 24.9. The highest BCUT2D eigenvalue weighted by Crippen LogP contribution is 2.45. The molecule has 292 valence electrons. The third kappa shape index (κ3) is 11.7. The third-order valence-corrected chi connectivity index (χ3v) is 12.0. The first-order valence-electron chi connectivity index (χ1n) is 17.5. The number of para-hydroxylation sites is 1. The van der Waals surface area contributed by atoms with Crippen molar-refractivity contribution in [2.45, 2.75) is 89.5 Å². The lowest BCUT2D eigenvalue weighted by Crippen LogP contribution is -2.33. The van der Waals surface area contributed by atoms with Crippen LogP contribution in [0.3, 0.4) is 0 Å². The molecule has 0 fully saturated rings. The van der Waals surface area contributed by atoms with Crippen LogP contribution in [-0.2, 0) is 27.5 Å². The largest absolute Gasteiger partial charge is 0.392 e. The molecule has 1 atom stereocenters. The van der Waals surface area contributed by atoms with E-state index < -0.39 is 65.1 Å². The topological polar surface area (TPSA) is 112 Å². The molecule has 4 rings (SSSR count). The Kier molecular flexibility index (Phi) is 13.7. The van der Waals surface area contributed by atoms with Gasteiger partial charge in [0, 0.05) is 67.7 Å². The van der Waals surface area contributed by atoms with Crippen LogP contribution in [0.2, 0.25) is 51.4 Å². The molecule has 3 N–H and O–H groups in total. The lowest BCUT2D eigenvalue weighted by molar-refractivity contribution is -0.193. The molecule has 10 nitrogen and oxygen atoms in total. The van der Waals surface area contributed by atoms with Gasteiger partial charge < -0.3 is 30.2 Å². The number of hydrogen-bond donors (Lipinski definition) is 3. The van der Waals surface area contributed by atoms with Gasteiger partial charge in [-0.1, -0.05) is 57.5 Å². The van der Waals surface area contributed by atoms with E-state index >= 15 is 8.78 Å². The summed E-state index contributed by atoms with van der Waals surface area (Å²) in [6.07, 6.45) is -6.65. The van der Waals surface area contributed by atoms with Gasteiger partial charge in [0.25, 0.3) is 11.8 Å². The minimum atomic E-state index is -4.77. The molecule has 53 heavy (non-hydrogen) atoms. The summed E-state index contributed by atoms with van der Waals surface area (Å²) in [6, 6.07) is 10.5. The maximum absolute atomic E-state index is 16.1. The molecule has 2 heterocycles. The van der Waals surface area contributed by atoms with E-state index in [1.807, 2.05) is 24.3 Å². The monoisotopic (exact) mass is 782 g/mol. The Morgan fingerprint density at radius 2 is 1.68 bits per heavy atom. The van der Waals surface area contributed by atoms with Gasteiger partial charge in [0.05, 0.1) is 23.0 Å². The standard InChI is InChI=1S/C36H51F5N6O4Si2/c1-42-27-12-10-9-11-24(27)21-44-33-31-29(47(46-32(31)34(48)43-2)22-49-13-15-52(3,4)5)18-28(45-33)26-17-30(37)35(38,19-25(26)20-36(39,40)41)51-23-50-14-16-53(6,7)8/h9-12,17-18,42H,13-16,19-23H2,1-8H3,(H,43,48)(H,44,45). The van der Waals surface area contributed by atoms with Crippen LogP contribution < -0.4 is 16.0 Å². The summed E-state index contributed by atoms with van der Waals surface area (Å²) in [4.78, 5) is 17.8. The molecule has 1 aromatic carbocycles. The second kappa shape index (κ2) is 17.2. The van der Waals surface area contributed by atoms with Gasteiger partial charge in [0.15, 0.2) is 18.3 Å². The summed E-state index contributed by atoms with van der Waals surface area (Å²) >= 11 is 0. The fourth-order valence-corrected chi connectivity index (χ4v) is 7.11. The lowest BCUT2D eigenvalue weighted by Gasteiger charge is -2.30. The first-order chi connectivity index (χ1) is 24.7. The van der Waals surface area contributed by atoms with E-state index in [9.17, 15) is 18.0 Å². The number of nitrogens with zero attached hydrogens (tertiary/aromatic N) is 3. The number of amides is 1. The van der Waals surface area contributed by atoms with Crippen molar-refractivity contribution >= 4 is 50.0 Å². The van der Waals surface area contributed by atoms with E-state index in [0.29, 0.717) is 18.2 Å². The van der Waals surface area contributed by atoms with Crippen molar-refractivity contribution in [3.05, 3.63) is 64.8 Å². The zero-order valence-electron chi connectivity index (χ0n) is 31.7. The third-order valence-electron chi connectivity index (χ3n) is 8.63. The number of carbonyl (C=O) groups excluding carboxylic acids is 1. The maximum atomic E-state index is 16.1. The van der Waals surface area contributed by atoms with E-state index in [1.54, 1.807) is 7.05 Å². The quantitative estimate of drug-likeness (QED) is 0.0509. The van der Waals surface area contributed by atoms with Gasteiger partial charge in [0.2, 0.25) is 0 Å². The molecule has 0 radical (unpaired) electrons. The Morgan fingerprint density at radius 1 is 1.02 bits per heavy atom. The van der Waals surface area contributed by atoms with E-state index in [1.165, 1.54) is 17.8 Å². The fourth-order valence-electron chi connectivity index (χ4n) is 5.60. The summed E-state index contributed by atoms with van der Waals surface area (Å²) in [6.45, 7) is 13.1. The number of allylic oxidation sites excluding steroid dienone is 2. The predicted octanol–water partition coefficient (Wildman–Crippen LogP) is 8.71. The van der Waals surface area contributed by atoms with Gasteiger partial charge in [-0.15, -0.1) is 0 Å². The minimum Gasteiger partial charge on any atom is -0.388 e. The van der Waals surface area contributed by atoms with Gasteiger partial charge >= 0.3 is 6.18 Å². The SMILES string of the molecule is CNC(=O)c1nn(COCC[Si](C)(C)C)c2cc(C3=C(CC(F)(F)F)CC(F)(OCOCC[Si](C)(C)C)C(F)=C3)nc(NCc3ccccc3NC)c12. The Labute approximate surface area is 309 Å². The van der Waals surface area contributed by atoms with Crippen molar-refractivity contribution in [3.8, 4) is 0 Å². The van der Waals surface area contributed by atoms with Crippen LogP contribution in [0.4, 0.5) is 33.5 Å². The zero-order chi connectivity index (χ0) is 39.2. The van der Waals surface area contributed by atoms with Crippen LogP contribution in [0, 0.1) is 0 Å². The summed E-state index contributed by atoms with van der Waals surface area (Å²) in [5.41, 5.74) is 1.11. The predicted molar refractivity (Wildman–Crippen MR) is 204 cm³/mol. The van der Waals surface area contributed by atoms with Crippen LogP contribution in [0.5, 0.6) is 0 Å². The van der Waals surface area contributed by atoms with E-state index in [0.717, 1.165) is 23.3 Å². The lowest BCUT2D eigenvalue weighted by atomic mass is 9.89. The Hall–Kier alpha value is -3.65. The number of alkyl halides is 4. The molecule has 1 unspecified atom stereocenters. The molecule has 1 amide bonds. The maximum Gasteiger partial charge on any atom is 0.392 e. The number of carbonyl (C=O) groups is 1. The van der Waals surface area contributed by atoms with Gasteiger partial charge in [-0.2, -0.15) is 18.3 Å². The Bertz CT molecular complexity index is 1820. The summed E-state index contributed by atoms with van der Waals surface area (Å²) < 4.78 is 91.9. The first kappa shape index (κ1) is 42.1. The number of anilines is 2. The molecular weight excluding hydrogens is 732 g/mol. The van der Waals surface area contributed by atoms with Crippen molar-refractivity contribution < 1.29 is 41.0 Å². The van der Waals surface area contributed by atoms with Crippen molar-refractivity contribution in [2.75, 3.05) is 44.7 Å². The van der Waals surface area contributed by atoms with E-state index in [4.69, 9.17) is 14.2 Å². The number of pyridine rings is 1. The van der Waals surface area contributed by atoms with E-state index in [-0.39, 0.29) is 48.0 Å². The number of aromatic nitrogens is 3. The molecule has 0 bridgehead atoms. The highest BCUT2D eigenvalue weighted by Gasteiger charge is 2.44. The summed E-state index contributed by atoms with van der Waals surface area (Å²) in [5.74, 6) is -5.02.